The van der Waals surface area contributed by atoms with Crippen LogP contribution in [0.15, 0.2) is 35.3 Å². The average molecular weight is 271 g/mol. The highest BCUT2D eigenvalue weighted by Crippen LogP contribution is 2.13. The van der Waals surface area contributed by atoms with Crippen LogP contribution in [0.25, 0.3) is 0 Å². The predicted octanol–water partition coefficient (Wildman–Crippen LogP) is 2.73. The third kappa shape index (κ3) is 3.26. The van der Waals surface area contributed by atoms with E-state index in [9.17, 15) is 4.79 Å². The van der Waals surface area contributed by atoms with E-state index in [1.54, 1.807) is 12.3 Å². The molecule has 0 spiro atoms. The Bertz CT molecular complexity index is 626. The highest BCUT2D eigenvalue weighted by molar-refractivity contribution is 5.39. The molecule has 0 atom stereocenters. The standard InChI is InChI=1S/C16H21N3O/c1-4-8-17-14-9-16(20)19(18-10-14)11-15-12(2)6-5-7-13(15)3/h5-7,9-10,17H,4,8,11H2,1-3H3. The second-order valence-electron chi connectivity index (χ2n) is 5.04. The quantitative estimate of drug-likeness (QED) is 0.909. The van der Waals surface area contributed by atoms with Crippen molar-refractivity contribution in [3.05, 3.63) is 57.5 Å². The van der Waals surface area contributed by atoms with Crippen molar-refractivity contribution in [3.8, 4) is 0 Å². The summed E-state index contributed by atoms with van der Waals surface area (Å²) in [5.41, 5.74) is 4.25. The number of aromatic nitrogens is 2. The van der Waals surface area contributed by atoms with Crippen LogP contribution in [0.3, 0.4) is 0 Å². The number of benzene rings is 1. The van der Waals surface area contributed by atoms with Crippen molar-refractivity contribution >= 4 is 5.69 Å². The van der Waals surface area contributed by atoms with Crippen molar-refractivity contribution < 1.29 is 0 Å². The second-order valence-corrected chi connectivity index (χ2v) is 5.04. The van der Waals surface area contributed by atoms with Gasteiger partial charge in [0.15, 0.2) is 0 Å². The van der Waals surface area contributed by atoms with Gasteiger partial charge in [-0.05, 0) is 37.0 Å². The van der Waals surface area contributed by atoms with Gasteiger partial charge in [-0.1, -0.05) is 25.1 Å². The molecule has 1 aromatic heterocycles. The minimum atomic E-state index is -0.0752. The molecule has 4 nitrogen and oxygen atoms in total. The maximum Gasteiger partial charge on any atom is 0.269 e. The number of hydrogen-bond donors (Lipinski definition) is 1. The van der Waals surface area contributed by atoms with Crippen LogP contribution in [0, 0.1) is 13.8 Å². The molecule has 1 heterocycles. The molecule has 1 aromatic carbocycles. The van der Waals surface area contributed by atoms with E-state index in [2.05, 4.69) is 43.3 Å². The summed E-state index contributed by atoms with van der Waals surface area (Å²) in [6, 6.07) is 7.76. The summed E-state index contributed by atoms with van der Waals surface area (Å²) in [7, 11) is 0. The maximum absolute atomic E-state index is 12.1. The normalized spacial score (nSPS) is 10.6. The van der Waals surface area contributed by atoms with Crippen molar-refractivity contribution in [3.63, 3.8) is 0 Å². The minimum absolute atomic E-state index is 0.0752. The predicted molar refractivity (Wildman–Crippen MR) is 82.3 cm³/mol. The van der Waals surface area contributed by atoms with Gasteiger partial charge in [-0.15, -0.1) is 0 Å². The highest BCUT2D eigenvalue weighted by Gasteiger charge is 2.06. The van der Waals surface area contributed by atoms with Crippen LogP contribution in [-0.4, -0.2) is 16.3 Å². The van der Waals surface area contributed by atoms with Gasteiger partial charge in [0.25, 0.3) is 5.56 Å². The molecular formula is C16H21N3O. The van der Waals surface area contributed by atoms with Gasteiger partial charge in [-0.2, -0.15) is 5.10 Å². The van der Waals surface area contributed by atoms with E-state index < -0.39 is 0 Å². The van der Waals surface area contributed by atoms with Gasteiger partial charge in [0, 0.05) is 12.6 Å². The SMILES string of the molecule is CCCNc1cnn(Cc2c(C)cccc2C)c(=O)c1. The number of hydrogen-bond acceptors (Lipinski definition) is 3. The first-order valence-corrected chi connectivity index (χ1v) is 6.98. The van der Waals surface area contributed by atoms with Crippen molar-refractivity contribution in [1.82, 2.24) is 9.78 Å². The molecule has 0 radical (unpaired) electrons. The Morgan fingerprint density at radius 1 is 1.25 bits per heavy atom. The van der Waals surface area contributed by atoms with E-state index in [0.29, 0.717) is 6.54 Å². The zero-order valence-corrected chi connectivity index (χ0v) is 12.3. The van der Waals surface area contributed by atoms with Gasteiger partial charge in [-0.25, -0.2) is 4.68 Å². The van der Waals surface area contributed by atoms with E-state index in [4.69, 9.17) is 0 Å². The molecule has 0 aliphatic rings. The molecular weight excluding hydrogens is 250 g/mol. The Kier molecular flexibility index (Phi) is 4.56. The van der Waals surface area contributed by atoms with E-state index >= 15 is 0 Å². The van der Waals surface area contributed by atoms with Gasteiger partial charge < -0.3 is 5.32 Å². The molecule has 0 aliphatic heterocycles. The maximum atomic E-state index is 12.1. The number of aryl methyl sites for hydroxylation is 2. The van der Waals surface area contributed by atoms with Crippen molar-refractivity contribution in [2.75, 3.05) is 11.9 Å². The van der Waals surface area contributed by atoms with Crippen LogP contribution >= 0.6 is 0 Å². The molecule has 1 N–H and O–H groups in total. The largest absolute Gasteiger partial charge is 0.384 e. The lowest BCUT2D eigenvalue weighted by atomic mass is 10.0. The molecule has 0 aliphatic carbocycles. The van der Waals surface area contributed by atoms with Crippen molar-refractivity contribution in [2.45, 2.75) is 33.7 Å². The van der Waals surface area contributed by atoms with Gasteiger partial charge >= 0.3 is 0 Å². The number of nitrogens with one attached hydrogen (secondary N) is 1. The Labute approximate surface area is 119 Å². The van der Waals surface area contributed by atoms with Crippen molar-refractivity contribution in [1.29, 1.82) is 0 Å². The summed E-state index contributed by atoms with van der Waals surface area (Å²) in [5.74, 6) is 0. The summed E-state index contributed by atoms with van der Waals surface area (Å²) in [6.45, 7) is 7.57. The Morgan fingerprint density at radius 2 is 1.95 bits per heavy atom. The molecule has 0 unspecified atom stereocenters. The lowest BCUT2D eigenvalue weighted by molar-refractivity contribution is 0.635. The lowest BCUT2D eigenvalue weighted by Crippen LogP contribution is -2.24. The van der Waals surface area contributed by atoms with Crippen LogP contribution in [0.1, 0.15) is 30.0 Å². The van der Waals surface area contributed by atoms with Crippen LogP contribution in [-0.2, 0) is 6.54 Å². The zero-order valence-electron chi connectivity index (χ0n) is 12.3. The fourth-order valence-corrected chi connectivity index (χ4v) is 2.17. The third-order valence-electron chi connectivity index (χ3n) is 3.40. The molecule has 20 heavy (non-hydrogen) atoms. The first-order chi connectivity index (χ1) is 9.61. The summed E-state index contributed by atoms with van der Waals surface area (Å²) in [6.07, 6.45) is 2.73. The fraction of sp³-hybridized carbons (Fsp3) is 0.375. The van der Waals surface area contributed by atoms with Gasteiger partial charge in [-0.3, -0.25) is 4.79 Å². The molecule has 0 bridgehead atoms. The van der Waals surface area contributed by atoms with E-state index in [1.807, 2.05) is 6.07 Å². The van der Waals surface area contributed by atoms with Gasteiger partial charge in [0.05, 0.1) is 18.4 Å². The monoisotopic (exact) mass is 271 g/mol. The smallest absolute Gasteiger partial charge is 0.269 e. The molecule has 0 amide bonds. The van der Waals surface area contributed by atoms with Crippen LogP contribution in [0.4, 0.5) is 5.69 Å². The van der Waals surface area contributed by atoms with Crippen LogP contribution < -0.4 is 10.9 Å². The first-order valence-electron chi connectivity index (χ1n) is 6.98. The third-order valence-corrected chi connectivity index (χ3v) is 3.40. The number of anilines is 1. The molecule has 2 rings (SSSR count). The minimum Gasteiger partial charge on any atom is -0.384 e. The Morgan fingerprint density at radius 3 is 2.55 bits per heavy atom. The average Bonchev–Trinajstić information content (AvgIpc) is 2.42. The summed E-state index contributed by atoms with van der Waals surface area (Å²) < 4.78 is 1.51. The number of rotatable bonds is 5. The highest BCUT2D eigenvalue weighted by atomic mass is 16.1. The van der Waals surface area contributed by atoms with Gasteiger partial charge in [0.1, 0.15) is 0 Å². The fourth-order valence-electron chi connectivity index (χ4n) is 2.17. The van der Waals surface area contributed by atoms with Crippen molar-refractivity contribution in [2.24, 2.45) is 0 Å². The molecule has 106 valence electrons. The number of nitrogens with zero attached hydrogens (tertiary/aromatic N) is 2. The molecule has 0 saturated carbocycles. The Balaban J connectivity index is 2.24. The second kappa shape index (κ2) is 6.37. The Hall–Kier alpha value is -2.10. The van der Waals surface area contributed by atoms with E-state index in [-0.39, 0.29) is 5.56 Å². The van der Waals surface area contributed by atoms with E-state index in [0.717, 1.165) is 24.2 Å². The lowest BCUT2D eigenvalue weighted by Gasteiger charge is -2.11. The first kappa shape index (κ1) is 14.3. The summed E-state index contributed by atoms with van der Waals surface area (Å²) >= 11 is 0. The molecule has 4 heteroatoms. The van der Waals surface area contributed by atoms with Crippen LogP contribution in [0.5, 0.6) is 0 Å². The zero-order chi connectivity index (χ0) is 14.5. The summed E-state index contributed by atoms with van der Waals surface area (Å²) in [5, 5.41) is 7.42. The molecule has 2 aromatic rings. The van der Waals surface area contributed by atoms with Gasteiger partial charge in [0.2, 0.25) is 0 Å². The van der Waals surface area contributed by atoms with E-state index in [1.165, 1.54) is 15.8 Å². The summed E-state index contributed by atoms with van der Waals surface area (Å²) in [4.78, 5) is 12.1. The molecule has 0 saturated heterocycles. The van der Waals surface area contributed by atoms with Crippen LogP contribution in [0.2, 0.25) is 0 Å². The molecule has 0 fully saturated rings. The topological polar surface area (TPSA) is 46.9 Å².